The van der Waals surface area contributed by atoms with E-state index in [1.165, 1.54) is 11.3 Å². The first-order valence-corrected chi connectivity index (χ1v) is 10.4. The van der Waals surface area contributed by atoms with Crippen LogP contribution in [-0.4, -0.2) is 46.3 Å². The highest BCUT2D eigenvalue weighted by Crippen LogP contribution is 2.32. The van der Waals surface area contributed by atoms with Crippen molar-refractivity contribution in [1.29, 1.82) is 0 Å². The number of thiazole rings is 1. The molecular formula is C20H20N4O3S. The number of para-hydroxylation sites is 2. The van der Waals surface area contributed by atoms with Crippen LogP contribution in [0.15, 0.2) is 40.3 Å². The molecule has 2 fully saturated rings. The Hall–Kier alpha value is -2.74. The minimum absolute atomic E-state index is 0.0188. The van der Waals surface area contributed by atoms with Crippen LogP contribution in [0.3, 0.4) is 0 Å². The largest absolute Gasteiger partial charge is 0.440 e. The maximum atomic E-state index is 12.9. The van der Waals surface area contributed by atoms with Crippen molar-refractivity contribution in [2.24, 2.45) is 5.92 Å². The summed E-state index contributed by atoms with van der Waals surface area (Å²) in [5.74, 6) is 0.767. The molecule has 2 saturated heterocycles. The van der Waals surface area contributed by atoms with Crippen LogP contribution in [0.25, 0.3) is 11.1 Å². The number of benzene rings is 1. The van der Waals surface area contributed by atoms with E-state index in [0.29, 0.717) is 24.8 Å². The third kappa shape index (κ3) is 3.07. The SMILES string of the molecule is O=C(C1CC(=O)N(c2nccs2)C1)N1CCC(c2nc3ccccc3o2)CC1. The van der Waals surface area contributed by atoms with Gasteiger partial charge < -0.3 is 9.32 Å². The lowest BCUT2D eigenvalue weighted by Gasteiger charge is -2.32. The van der Waals surface area contributed by atoms with Crippen molar-refractivity contribution in [3.8, 4) is 0 Å². The number of carbonyl (C=O) groups excluding carboxylic acids is 2. The van der Waals surface area contributed by atoms with Gasteiger partial charge in [0.25, 0.3) is 0 Å². The molecule has 2 aromatic heterocycles. The number of fused-ring (bicyclic) bond motifs is 1. The van der Waals surface area contributed by atoms with E-state index in [4.69, 9.17) is 4.42 Å². The summed E-state index contributed by atoms with van der Waals surface area (Å²) in [6.45, 7) is 1.77. The number of rotatable bonds is 3. The van der Waals surface area contributed by atoms with Crippen molar-refractivity contribution >= 4 is 39.4 Å². The van der Waals surface area contributed by atoms with Gasteiger partial charge in [-0.25, -0.2) is 9.97 Å². The van der Waals surface area contributed by atoms with Crippen LogP contribution >= 0.6 is 11.3 Å². The van der Waals surface area contributed by atoms with Crippen LogP contribution in [0.1, 0.15) is 31.1 Å². The number of amides is 2. The highest BCUT2D eigenvalue weighted by molar-refractivity contribution is 7.13. The highest BCUT2D eigenvalue weighted by atomic mass is 32.1. The molecule has 2 aliphatic heterocycles. The van der Waals surface area contributed by atoms with Crippen LogP contribution in [-0.2, 0) is 9.59 Å². The first kappa shape index (κ1) is 17.4. The quantitative estimate of drug-likeness (QED) is 0.680. The number of nitrogens with zero attached hydrogens (tertiary/aromatic N) is 4. The fourth-order valence-corrected chi connectivity index (χ4v) is 4.75. The summed E-state index contributed by atoms with van der Waals surface area (Å²) >= 11 is 1.42. The average molecular weight is 396 g/mol. The Morgan fingerprint density at radius 1 is 1.21 bits per heavy atom. The topological polar surface area (TPSA) is 79.5 Å². The van der Waals surface area contributed by atoms with Gasteiger partial charge in [0.15, 0.2) is 16.6 Å². The second kappa shape index (κ2) is 7.01. The number of oxazole rings is 1. The Bertz CT molecular complexity index is 975. The first-order valence-electron chi connectivity index (χ1n) is 9.53. The lowest BCUT2D eigenvalue weighted by Crippen LogP contribution is -2.42. The molecule has 5 rings (SSSR count). The molecular weight excluding hydrogens is 376 g/mol. The highest BCUT2D eigenvalue weighted by Gasteiger charge is 2.39. The lowest BCUT2D eigenvalue weighted by molar-refractivity contribution is -0.136. The van der Waals surface area contributed by atoms with Gasteiger partial charge in [0.1, 0.15) is 5.52 Å². The maximum Gasteiger partial charge on any atom is 0.229 e. The summed E-state index contributed by atoms with van der Waals surface area (Å²) < 4.78 is 5.90. The normalized spacial score (nSPS) is 21.0. The smallest absolute Gasteiger partial charge is 0.229 e. The Morgan fingerprint density at radius 2 is 2.04 bits per heavy atom. The Morgan fingerprint density at radius 3 is 2.79 bits per heavy atom. The zero-order valence-electron chi connectivity index (χ0n) is 15.3. The van der Waals surface area contributed by atoms with E-state index in [-0.39, 0.29) is 30.1 Å². The van der Waals surface area contributed by atoms with Crippen molar-refractivity contribution in [2.75, 3.05) is 24.5 Å². The van der Waals surface area contributed by atoms with Crippen molar-refractivity contribution in [3.05, 3.63) is 41.7 Å². The maximum absolute atomic E-state index is 12.9. The van der Waals surface area contributed by atoms with Crippen LogP contribution in [0.5, 0.6) is 0 Å². The molecule has 4 heterocycles. The summed E-state index contributed by atoms with van der Waals surface area (Å²) in [5.41, 5.74) is 1.69. The molecule has 0 saturated carbocycles. The number of likely N-dealkylation sites (tertiary alicyclic amines) is 1. The second-order valence-electron chi connectivity index (χ2n) is 7.34. The molecule has 0 aliphatic carbocycles. The van der Waals surface area contributed by atoms with Gasteiger partial charge >= 0.3 is 0 Å². The lowest BCUT2D eigenvalue weighted by atomic mass is 9.95. The minimum atomic E-state index is -0.280. The van der Waals surface area contributed by atoms with E-state index in [2.05, 4.69) is 9.97 Å². The first-order chi connectivity index (χ1) is 13.7. The van der Waals surface area contributed by atoms with Gasteiger partial charge in [-0.15, -0.1) is 11.3 Å². The molecule has 7 nitrogen and oxygen atoms in total. The molecule has 144 valence electrons. The van der Waals surface area contributed by atoms with Gasteiger partial charge in [-0.2, -0.15) is 0 Å². The monoisotopic (exact) mass is 396 g/mol. The second-order valence-corrected chi connectivity index (χ2v) is 8.21. The molecule has 1 aromatic carbocycles. The van der Waals surface area contributed by atoms with Gasteiger partial charge in [-0.1, -0.05) is 12.1 Å². The van der Waals surface area contributed by atoms with Gasteiger partial charge in [-0.05, 0) is 25.0 Å². The van der Waals surface area contributed by atoms with Gasteiger partial charge in [0.05, 0.1) is 5.92 Å². The molecule has 2 aliphatic rings. The summed E-state index contributed by atoms with van der Waals surface area (Å²) in [5, 5.41) is 2.52. The fraction of sp³-hybridized carbons (Fsp3) is 0.400. The Labute approximate surface area is 166 Å². The standard InChI is InChI=1S/C20H20N4O3S/c25-17-11-14(12-24(17)20-21-7-10-28-20)19(26)23-8-5-13(6-9-23)18-22-15-3-1-2-4-16(15)27-18/h1-4,7,10,13-14H,5-6,8-9,11-12H2. The number of hydrogen-bond acceptors (Lipinski definition) is 6. The molecule has 2 amide bonds. The van der Waals surface area contributed by atoms with E-state index in [0.717, 1.165) is 29.8 Å². The Balaban J connectivity index is 1.22. The molecule has 8 heteroatoms. The van der Waals surface area contributed by atoms with Crippen molar-refractivity contribution in [2.45, 2.75) is 25.2 Å². The summed E-state index contributed by atoms with van der Waals surface area (Å²) in [4.78, 5) is 37.6. The van der Waals surface area contributed by atoms with E-state index in [1.54, 1.807) is 11.1 Å². The van der Waals surface area contributed by atoms with Gasteiger partial charge in [-0.3, -0.25) is 14.5 Å². The van der Waals surface area contributed by atoms with E-state index >= 15 is 0 Å². The molecule has 0 bridgehead atoms. The molecule has 0 radical (unpaired) electrons. The molecule has 0 spiro atoms. The molecule has 28 heavy (non-hydrogen) atoms. The van der Waals surface area contributed by atoms with Crippen molar-refractivity contribution in [3.63, 3.8) is 0 Å². The predicted molar refractivity (Wildman–Crippen MR) is 105 cm³/mol. The summed E-state index contributed by atoms with van der Waals surface area (Å²) in [6, 6.07) is 7.77. The number of anilines is 1. The predicted octanol–water partition coefficient (Wildman–Crippen LogP) is 3.04. The molecule has 3 aromatic rings. The number of piperidine rings is 1. The minimum Gasteiger partial charge on any atom is -0.440 e. The Kier molecular flexibility index (Phi) is 4.35. The van der Waals surface area contributed by atoms with E-state index < -0.39 is 0 Å². The van der Waals surface area contributed by atoms with Gasteiger partial charge in [0.2, 0.25) is 11.8 Å². The summed E-state index contributed by atoms with van der Waals surface area (Å²) in [6.07, 6.45) is 3.60. The van der Waals surface area contributed by atoms with Crippen molar-refractivity contribution < 1.29 is 14.0 Å². The zero-order valence-corrected chi connectivity index (χ0v) is 16.1. The third-order valence-corrected chi connectivity index (χ3v) is 6.39. The van der Waals surface area contributed by atoms with E-state index in [9.17, 15) is 9.59 Å². The molecule has 0 N–H and O–H groups in total. The average Bonchev–Trinajstić information content (AvgIpc) is 3.46. The van der Waals surface area contributed by atoms with E-state index in [1.807, 2.05) is 34.5 Å². The van der Waals surface area contributed by atoms with Gasteiger partial charge in [0, 0.05) is 43.5 Å². The number of carbonyl (C=O) groups is 2. The summed E-state index contributed by atoms with van der Waals surface area (Å²) in [7, 11) is 0. The van der Waals surface area contributed by atoms with Crippen LogP contribution in [0.2, 0.25) is 0 Å². The van der Waals surface area contributed by atoms with Crippen LogP contribution < -0.4 is 4.90 Å². The third-order valence-electron chi connectivity index (χ3n) is 5.59. The van der Waals surface area contributed by atoms with Crippen LogP contribution in [0.4, 0.5) is 5.13 Å². The zero-order chi connectivity index (χ0) is 19.1. The van der Waals surface area contributed by atoms with Crippen molar-refractivity contribution in [1.82, 2.24) is 14.9 Å². The fourth-order valence-electron chi connectivity index (χ4n) is 4.08. The molecule has 1 atom stereocenters. The number of hydrogen-bond donors (Lipinski definition) is 0. The molecule has 1 unspecified atom stereocenters. The number of aromatic nitrogens is 2. The van der Waals surface area contributed by atoms with Crippen LogP contribution in [0, 0.1) is 5.92 Å².